The molecular formula is C10H15N3O4S. The normalized spacial score (nSPS) is 25.3. The van der Waals surface area contributed by atoms with Crippen LogP contribution >= 0.6 is 0 Å². The molecule has 18 heavy (non-hydrogen) atoms. The summed E-state index contributed by atoms with van der Waals surface area (Å²) in [4.78, 5) is 4.02. The van der Waals surface area contributed by atoms with E-state index in [1.807, 2.05) is 0 Å². The zero-order chi connectivity index (χ0) is 13.3. The average Bonchev–Trinajstić information content (AvgIpc) is 2.70. The second-order valence-electron chi connectivity index (χ2n) is 4.08. The highest BCUT2D eigenvalue weighted by atomic mass is 32.2. The summed E-state index contributed by atoms with van der Waals surface area (Å²) < 4.78 is 25.6. The molecule has 0 aliphatic carbocycles. The molecule has 0 radical (unpaired) electrons. The number of hydrogen-bond donors (Lipinski definition) is 3. The van der Waals surface area contributed by atoms with Gasteiger partial charge in [0.25, 0.3) is 0 Å². The van der Waals surface area contributed by atoms with Crippen molar-refractivity contribution < 1.29 is 18.6 Å². The molecule has 0 spiro atoms. The summed E-state index contributed by atoms with van der Waals surface area (Å²) in [6, 6.07) is 2.79. The minimum absolute atomic E-state index is 0.0863. The first-order valence-corrected chi connectivity index (χ1v) is 6.89. The number of aromatic nitrogens is 1. The van der Waals surface area contributed by atoms with Gasteiger partial charge in [-0.3, -0.25) is 0 Å². The first kappa shape index (κ1) is 13.2. The third kappa shape index (κ3) is 2.32. The SMILES string of the molecule is CNc1cc(S(=O)(=O)N2CC(O)C(O)C2)ccn1. The molecule has 1 saturated heterocycles. The molecule has 2 unspecified atom stereocenters. The summed E-state index contributed by atoms with van der Waals surface area (Å²) in [6.07, 6.45) is -0.683. The number of anilines is 1. The lowest BCUT2D eigenvalue weighted by Crippen LogP contribution is -2.30. The molecule has 0 saturated carbocycles. The Bertz CT molecular complexity index is 524. The fourth-order valence-electron chi connectivity index (χ4n) is 1.79. The Morgan fingerprint density at radius 2 is 2.00 bits per heavy atom. The second kappa shape index (κ2) is 4.81. The first-order valence-electron chi connectivity index (χ1n) is 5.45. The molecule has 7 nitrogen and oxygen atoms in total. The van der Waals surface area contributed by atoms with Crippen LogP contribution in [-0.4, -0.2) is 60.3 Å². The van der Waals surface area contributed by atoms with Crippen LogP contribution in [-0.2, 0) is 10.0 Å². The highest BCUT2D eigenvalue weighted by Crippen LogP contribution is 2.22. The molecule has 0 aromatic carbocycles. The van der Waals surface area contributed by atoms with Gasteiger partial charge in [-0.25, -0.2) is 13.4 Å². The van der Waals surface area contributed by atoms with E-state index < -0.39 is 22.2 Å². The van der Waals surface area contributed by atoms with E-state index in [0.29, 0.717) is 5.82 Å². The Balaban J connectivity index is 2.31. The molecule has 1 aliphatic rings. The van der Waals surface area contributed by atoms with Crippen LogP contribution in [0, 0.1) is 0 Å². The minimum atomic E-state index is -3.70. The molecule has 2 atom stereocenters. The van der Waals surface area contributed by atoms with Crippen LogP contribution < -0.4 is 5.32 Å². The van der Waals surface area contributed by atoms with Crippen molar-refractivity contribution in [2.24, 2.45) is 0 Å². The Morgan fingerprint density at radius 3 is 2.56 bits per heavy atom. The number of aliphatic hydroxyl groups excluding tert-OH is 2. The van der Waals surface area contributed by atoms with Gasteiger partial charge in [-0.15, -0.1) is 0 Å². The highest BCUT2D eigenvalue weighted by molar-refractivity contribution is 7.89. The van der Waals surface area contributed by atoms with Crippen LogP contribution in [0.4, 0.5) is 5.82 Å². The predicted molar refractivity (Wildman–Crippen MR) is 64.6 cm³/mol. The highest BCUT2D eigenvalue weighted by Gasteiger charge is 2.37. The molecule has 1 fully saturated rings. The van der Waals surface area contributed by atoms with E-state index in [-0.39, 0.29) is 18.0 Å². The maximum atomic E-state index is 12.2. The van der Waals surface area contributed by atoms with Gasteiger partial charge in [0, 0.05) is 32.4 Å². The number of sulfonamides is 1. The van der Waals surface area contributed by atoms with Crippen LogP contribution in [0.2, 0.25) is 0 Å². The summed E-state index contributed by atoms with van der Waals surface area (Å²) in [5.74, 6) is 0.441. The van der Waals surface area contributed by atoms with Crippen LogP contribution in [0.1, 0.15) is 0 Å². The summed E-state index contributed by atoms with van der Waals surface area (Å²) in [7, 11) is -2.06. The van der Waals surface area contributed by atoms with Gasteiger partial charge in [0.15, 0.2) is 0 Å². The molecule has 3 N–H and O–H groups in total. The molecule has 8 heteroatoms. The quantitative estimate of drug-likeness (QED) is 0.642. The molecule has 1 aromatic rings. The van der Waals surface area contributed by atoms with Crippen LogP contribution in [0.15, 0.2) is 23.2 Å². The second-order valence-corrected chi connectivity index (χ2v) is 6.02. The number of nitrogens with zero attached hydrogens (tertiary/aromatic N) is 2. The number of rotatable bonds is 3. The van der Waals surface area contributed by atoms with Crippen LogP contribution in [0.5, 0.6) is 0 Å². The fraction of sp³-hybridized carbons (Fsp3) is 0.500. The number of nitrogens with one attached hydrogen (secondary N) is 1. The molecule has 2 heterocycles. The molecule has 2 rings (SSSR count). The third-order valence-corrected chi connectivity index (χ3v) is 4.68. The van der Waals surface area contributed by atoms with E-state index in [1.54, 1.807) is 7.05 Å². The zero-order valence-corrected chi connectivity index (χ0v) is 10.6. The van der Waals surface area contributed by atoms with Crippen molar-refractivity contribution >= 4 is 15.8 Å². The molecule has 0 amide bonds. The third-order valence-electron chi connectivity index (χ3n) is 2.85. The van der Waals surface area contributed by atoms with Gasteiger partial charge in [-0.1, -0.05) is 0 Å². The van der Waals surface area contributed by atoms with Crippen molar-refractivity contribution in [3.8, 4) is 0 Å². The van der Waals surface area contributed by atoms with E-state index in [2.05, 4.69) is 10.3 Å². The van der Waals surface area contributed by atoms with Gasteiger partial charge in [0.1, 0.15) is 5.82 Å². The maximum absolute atomic E-state index is 12.2. The van der Waals surface area contributed by atoms with Crippen molar-refractivity contribution in [3.05, 3.63) is 18.3 Å². The van der Waals surface area contributed by atoms with E-state index >= 15 is 0 Å². The summed E-state index contributed by atoms with van der Waals surface area (Å²) in [5, 5.41) is 21.6. The number of β-amino-alcohol motifs (C(OH)–C–C–N with tert-alkyl or cyclic N) is 2. The molecule has 100 valence electrons. The van der Waals surface area contributed by atoms with Gasteiger partial charge < -0.3 is 15.5 Å². The Morgan fingerprint density at radius 1 is 1.39 bits per heavy atom. The van der Waals surface area contributed by atoms with Gasteiger partial charge >= 0.3 is 0 Å². The average molecular weight is 273 g/mol. The lowest BCUT2D eigenvalue weighted by atomic mass is 10.3. The zero-order valence-electron chi connectivity index (χ0n) is 9.81. The first-order chi connectivity index (χ1) is 8.45. The summed E-state index contributed by atoms with van der Waals surface area (Å²) in [6.45, 7) is -0.193. The molecule has 1 aromatic heterocycles. The van der Waals surface area contributed by atoms with Gasteiger partial charge in [-0.05, 0) is 6.07 Å². The monoisotopic (exact) mass is 273 g/mol. The van der Waals surface area contributed by atoms with E-state index in [9.17, 15) is 18.6 Å². The molecular weight excluding hydrogens is 258 g/mol. The minimum Gasteiger partial charge on any atom is -0.389 e. The Kier molecular flexibility index (Phi) is 3.53. The predicted octanol–water partition coefficient (Wildman–Crippen LogP) is -1.15. The van der Waals surface area contributed by atoms with Gasteiger partial charge in [0.05, 0.1) is 17.1 Å². The fourth-order valence-corrected chi connectivity index (χ4v) is 3.28. The lowest BCUT2D eigenvalue weighted by molar-refractivity contribution is 0.0572. The Hall–Kier alpha value is -1.22. The van der Waals surface area contributed by atoms with E-state index in [1.165, 1.54) is 18.3 Å². The largest absolute Gasteiger partial charge is 0.389 e. The summed E-state index contributed by atoms with van der Waals surface area (Å²) >= 11 is 0. The van der Waals surface area contributed by atoms with Crippen LogP contribution in [0.3, 0.4) is 0 Å². The number of hydrogen-bond acceptors (Lipinski definition) is 6. The Labute approximate surface area is 105 Å². The van der Waals surface area contributed by atoms with Gasteiger partial charge in [0.2, 0.25) is 10.0 Å². The smallest absolute Gasteiger partial charge is 0.243 e. The van der Waals surface area contributed by atoms with Gasteiger partial charge in [-0.2, -0.15) is 4.31 Å². The standard InChI is InChI=1S/C10H15N3O4S/c1-11-10-4-7(2-3-12-10)18(16,17)13-5-8(14)9(15)6-13/h2-4,8-9,14-15H,5-6H2,1H3,(H,11,12). The van der Waals surface area contributed by atoms with E-state index in [0.717, 1.165) is 4.31 Å². The lowest BCUT2D eigenvalue weighted by Gasteiger charge is -2.15. The van der Waals surface area contributed by atoms with Crippen molar-refractivity contribution in [3.63, 3.8) is 0 Å². The topological polar surface area (TPSA) is 103 Å². The molecule has 0 bridgehead atoms. The number of pyridine rings is 1. The van der Waals surface area contributed by atoms with Crippen molar-refractivity contribution in [2.75, 3.05) is 25.5 Å². The van der Waals surface area contributed by atoms with Crippen molar-refractivity contribution in [2.45, 2.75) is 17.1 Å². The summed E-state index contributed by atoms with van der Waals surface area (Å²) in [5.41, 5.74) is 0. The van der Waals surface area contributed by atoms with Crippen molar-refractivity contribution in [1.82, 2.24) is 9.29 Å². The van der Waals surface area contributed by atoms with Crippen LogP contribution in [0.25, 0.3) is 0 Å². The maximum Gasteiger partial charge on any atom is 0.243 e. The van der Waals surface area contributed by atoms with Crippen molar-refractivity contribution in [1.29, 1.82) is 0 Å². The number of aliphatic hydroxyl groups is 2. The molecule has 1 aliphatic heterocycles. The van der Waals surface area contributed by atoms with E-state index in [4.69, 9.17) is 0 Å².